The van der Waals surface area contributed by atoms with Crippen molar-refractivity contribution in [2.75, 3.05) is 0 Å². The summed E-state index contributed by atoms with van der Waals surface area (Å²) < 4.78 is 37.1. The molecule has 0 aliphatic carbocycles. The Morgan fingerprint density at radius 3 is 2.62 bits per heavy atom. The van der Waals surface area contributed by atoms with Gasteiger partial charge in [-0.2, -0.15) is 13.2 Å². The average Bonchev–Trinajstić information content (AvgIpc) is 2.17. The summed E-state index contributed by atoms with van der Waals surface area (Å²) in [6.45, 7) is 2.04. The minimum atomic E-state index is -4.36. The smallest absolute Gasteiger partial charge is 0.248 e. The predicted octanol–water partition coefficient (Wildman–Crippen LogP) is 4.21. The van der Waals surface area contributed by atoms with Crippen molar-refractivity contribution in [3.8, 4) is 0 Å². The second kappa shape index (κ2) is 5.66. The Hall–Kier alpha value is -0.580. The zero-order valence-corrected chi connectivity index (χ0v) is 10.5. The Kier molecular flexibility index (Phi) is 4.77. The fourth-order valence-electron chi connectivity index (χ4n) is 1.39. The van der Waals surface area contributed by atoms with E-state index >= 15 is 0 Å². The molecule has 0 aliphatic heterocycles. The first kappa shape index (κ1) is 13.5. The summed E-state index contributed by atoms with van der Waals surface area (Å²) in [6.07, 6.45) is -1.91. The van der Waals surface area contributed by atoms with Crippen LogP contribution < -0.4 is 0 Å². The Morgan fingerprint density at radius 1 is 1.38 bits per heavy atom. The Labute approximate surface area is 101 Å². The molecule has 16 heavy (non-hydrogen) atoms. The Morgan fingerprint density at radius 2 is 2.06 bits per heavy atom. The number of alkyl halides is 4. The number of hydrogen-bond acceptors (Lipinski definition) is 1. The molecule has 0 saturated heterocycles. The maximum absolute atomic E-state index is 12.4. The maximum atomic E-state index is 12.4. The molecule has 1 aromatic heterocycles. The molecule has 1 heterocycles. The summed E-state index contributed by atoms with van der Waals surface area (Å²) in [7, 11) is 0. The van der Waals surface area contributed by atoms with E-state index in [2.05, 4.69) is 20.9 Å². The maximum Gasteiger partial charge on any atom is 0.433 e. The Balaban J connectivity index is 2.75. The van der Waals surface area contributed by atoms with Gasteiger partial charge < -0.3 is 0 Å². The van der Waals surface area contributed by atoms with E-state index in [1.165, 1.54) is 6.07 Å². The molecular weight excluding hydrogens is 283 g/mol. The largest absolute Gasteiger partial charge is 0.433 e. The standard InChI is InChI=1S/C11H13BrF3N/c1-2-4-8(12)7-9-5-3-6-10(16-9)11(13,14)15/h3,5-6,8H,2,4,7H2,1H3. The lowest BCUT2D eigenvalue weighted by atomic mass is 10.1. The predicted molar refractivity (Wildman–Crippen MR) is 60.6 cm³/mol. The molecule has 1 atom stereocenters. The van der Waals surface area contributed by atoms with Crippen molar-refractivity contribution < 1.29 is 13.2 Å². The van der Waals surface area contributed by atoms with Crippen LogP contribution in [0.3, 0.4) is 0 Å². The molecule has 0 radical (unpaired) electrons. The molecule has 1 unspecified atom stereocenters. The highest BCUT2D eigenvalue weighted by atomic mass is 79.9. The summed E-state index contributed by atoms with van der Waals surface area (Å²) in [4.78, 5) is 3.80. The van der Waals surface area contributed by atoms with E-state index in [9.17, 15) is 13.2 Å². The van der Waals surface area contributed by atoms with Crippen molar-refractivity contribution in [3.05, 3.63) is 29.6 Å². The summed E-state index contributed by atoms with van der Waals surface area (Å²) in [5, 5.41) is 0. The van der Waals surface area contributed by atoms with Gasteiger partial charge in [0, 0.05) is 16.9 Å². The second-order valence-electron chi connectivity index (χ2n) is 3.60. The Bertz CT molecular complexity index is 338. The lowest BCUT2D eigenvalue weighted by molar-refractivity contribution is -0.141. The second-order valence-corrected chi connectivity index (χ2v) is 4.90. The van der Waals surface area contributed by atoms with Crippen molar-refractivity contribution in [2.45, 2.75) is 37.2 Å². The molecule has 0 N–H and O–H groups in total. The van der Waals surface area contributed by atoms with E-state index in [0.29, 0.717) is 12.1 Å². The van der Waals surface area contributed by atoms with Gasteiger partial charge in [-0.1, -0.05) is 35.3 Å². The van der Waals surface area contributed by atoms with Gasteiger partial charge in [-0.25, -0.2) is 4.98 Å². The van der Waals surface area contributed by atoms with Crippen LogP contribution in [-0.2, 0) is 12.6 Å². The number of pyridine rings is 1. The number of hydrogen-bond donors (Lipinski definition) is 0. The molecular formula is C11H13BrF3N. The van der Waals surface area contributed by atoms with E-state index in [4.69, 9.17) is 0 Å². The highest BCUT2D eigenvalue weighted by molar-refractivity contribution is 9.09. The highest BCUT2D eigenvalue weighted by Gasteiger charge is 2.32. The number of aromatic nitrogens is 1. The van der Waals surface area contributed by atoms with Crippen LogP contribution in [-0.4, -0.2) is 9.81 Å². The van der Waals surface area contributed by atoms with E-state index in [-0.39, 0.29) is 4.83 Å². The third-order valence-electron chi connectivity index (χ3n) is 2.13. The van der Waals surface area contributed by atoms with Gasteiger partial charge in [0.05, 0.1) is 0 Å². The molecule has 5 heteroatoms. The third-order valence-corrected chi connectivity index (χ3v) is 2.91. The molecule has 0 bridgehead atoms. The van der Waals surface area contributed by atoms with Gasteiger partial charge in [0.2, 0.25) is 0 Å². The van der Waals surface area contributed by atoms with Gasteiger partial charge in [-0.05, 0) is 18.6 Å². The molecule has 0 saturated carbocycles. The van der Waals surface area contributed by atoms with Crippen LogP contribution >= 0.6 is 15.9 Å². The number of halogens is 4. The van der Waals surface area contributed by atoms with Gasteiger partial charge in [0.25, 0.3) is 0 Å². The summed E-state index contributed by atoms with van der Waals surface area (Å²) >= 11 is 3.43. The summed E-state index contributed by atoms with van der Waals surface area (Å²) in [6, 6.07) is 4.02. The lowest BCUT2D eigenvalue weighted by Crippen LogP contribution is -2.11. The lowest BCUT2D eigenvalue weighted by Gasteiger charge is -2.10. The number of rotatable bonds is 4. The molecule has 0 amide bonds. The zero-order chi connectivity index (χ0) is 12.2. The molecule has 90 valence electrons. The van der Waals surface area contributed by atoms with Gasteiger partial charge in [0.1, 0.15) is 5.69 Å². The van der Waals surface area contributed by atoms with Crippen molar-refractivity contribution in [2.24, 2.45) is 0 Å². The summed E-state index contributed by atoms with van der Waals surface area (Å²) in [5.74, 6) is 0. The van der Waals surface area contributed by atoms with Crippen molar-refractivity contribution in [3.63, 3.8) is 0 Å². The van der Waals surface area contributed by atoms with Gasteiger partial charge in [-0.3, -0.25) is 0 Å². The minimum absolute atomic E-state index is 0.188. The first-order valence-electron chi connectivity index (χ1n) is 5.10. The molecule has 1 nitrogen and oxygen atoms in total. The monoisotopic (exact) mass is 295 g/mol. The van der Waals surface area contributed by atoms with Crippen LogP contribution in [0, 0.1) is 0 Å². The fourth-order valence-corrected chi connectivity index (χ4v) is 2.18. The van der Waals surface area contributed by atoms with E-state index in [1.54, 1.807) is 6.07 Å². The van der Waals surface area contributed by atoms with E-state index in [0.717, 1.165) is 18.9 Å². The third kappa shape index (κ3) is 4.12. The molecule has 0 aliphatic rings. The molecule has 1 aromatic rings. The van der Waals surface area contributed by atoms with Crippen molar-refractivity contribution in [1.29, 1.82) is 0 Å². The first-order chi connectivity index (χ1) is 7.43. The van der Waals surface area contributed by atoms with Gasteiger partial charge >= 0.3 is 6.18 Å². The normalized spacial score (nSPS) is 13.8. The average molecular weight is 296 g/mol. The minimum Gasteiger partial charge on any atom is -0.248 e. The summed E-state index contributed by atoms with van der Waals surface area (Å²) in [5.41, 5.74) is -0.341. The fraction of sp³-hybridized carbons (Fsp3) is 0.545. The van der Waals surface area contributed by atoms with Crippen LogP contribution in [0.2, 0.25) is 0 Å². The SMILES string of the molecule is CCCC(Br)Cc1cccc(C(F)(F)F)n1. The molecule has 0 aromatic carbocycles. The van der Waals surface area contributed by atoms with Crippen molar-refractivity contribution in [1.82, 2.24) is 4.98 Å². The number of nitrogens with zero attached hydrogens (tertiary/aromatic N) is 1. The zero-order valence-electron chi connectivity index (χ0n) is 8.89. The van der Waals surface area contributed by atoms with Gasteiger partial charge in [-0.15, -0.1) is 0 Å². The van der Waals surface area contributed by atoms with Crippen LogP contribution in [0.5, 0.6) is 0 Å². The first-order valence-corrected chi connectivity index (χ1v) is 6.02. The molecule has 1 rings (SSSR count). The van der Waals surface area contributed by atoms with E-state index in [1.807, 2.05) is 6.92 Å². The molecule has 0 fully saturated rings. The molecule has 0 spiro atoms. The highest BCUT2D eigenvalue weighted by Crippen LogP contribution is 2.27. The van der Waals surface area contributed by atoms with E-state index < -0.39 is 11.9 Å². The topological polar surface area (TPSA) is 12.9 Å². The van der Waals surface area contributed by atoms with Crippen LogP contribution in [0.15, 0.2) is 18.2 Å². The van der Waals surface area contributed by atoms with Crippen LogP contribution in [0.1, 0.15) is 31.2 Å². The van der Waals surface area contributed by atoms with Crippen LogP contribution in [0.4, 0.5) is 13.2 Å². The quantitative estimate of drug-likeness (QED) is 0.759. The van der Waals surface area contributed by atoms with Gasteiger partial charge in [0.15, 0.2) is 0 Å². The van der Waals surface area contributed by atoms with Crippen LogP contribution in [0.25, 0.3) is 0 Å². The van der Waals surface area contributed by atoms with Crippen molar-refractivity contribution >= 4 is 15.9 Å².